The largest absolute Gasteiger partial charge is 0.462 e. The maximum atomic E-state index is 12.4. The van der Waals surface area contributed by atoms with E-state index in [0.29, 0.717) is 42.4 Å². The summed E-state index contributed by atoms with van der Waals surface area (Å²) in [6.07, 6.45) is 5.54. The van der Waals surface area contributed by atoms with E-state index in [2.05, 4.69) is 41.2 Å². The lowest BCUT2D eigenvalue weighted by molar-refractivity contribution is -0.230. The molecule has 7 heteroatoms. The molecule has 0 aromatic rings. The summed E-state index contributed by atoms with van der Waals surface area (Å²) in [6, 6.07) is 0. The lowest BCUT2D eigenvalue weighted by Crippen LogP contribution is -2.66. The Morgan fingerprint density at radius 2 is 1.54 bits per heavy atom. The molecule has 13 atom stereocenters. The minimum Gasteiger partial charge on any atom is -0.462 e. The van der Waals surface area contributed by atoms with Crippen LogP contribution in [0.4, 0.5) is 0 Å². The van der Waals surface area contributed by atoms with Crippen molar-refractivity contribution in [2.45, 2.75) is 131 Å². The summed E-state index contributed by atoms with van der Waals surface area (Å²) in [5, 5.41) is 0. The van der Waals surface area contributed by atoms with Gasteiger partial charge >= 0.3 is 17.9 Å². The van der Waals surface area contributed by atoms with Gasteiger partial charge in [0.25, 0.3) is 0 Å². The van der Waals surface area contributed by atoms with Crippen LogP contribution >= 0.6 is 0 Å². The zero-order valence-electron chi connectivity index (χ0n) is 26.4. The van der Waals surface area contributed by atoms with E-state index >= 15 is 0 Å². The van der Waals surface area contributed by atoms with Crippen LogP contribution in [-0.4, -0.2) is 48.4 Å². The lowest BCUT2D eigenvalue weighted by atomic mass is 9.43. The van der Waals surface area contributed by atoms with E-state index < -0.39 is 11.5 Å². The van der Waals surface area contributed by atoms with E-state index in [-0.39, 0.29) is 59.6 Å². The van der Waals surface area contributed by atoms with E-state index in [1.165, 1.54) is 32.8 Å². The number of fused-ring (bicyclic) bond motifs is 8. The smallest absolute Gasteiger partial charge is 0.302 e. The fourth-order valence-corrected chi connectivity index (χ4v) is 10.5. The van der Waals surface area contributed by atoms with Gasteiger partial charge in [-0.05, 0) is 68.1 Å². The number of hydrogen-bond donors (Lipinski definition) is 0. The Bertz CT molecular complexity index is 1070. The zero-order valence-corrected chi connectivity index (χ0v) is 26.4. The molecule has 230 valence electrons. The summed E-state index contributed by atoms with van der Waals surface area (Å²) in [5.41, 5.74) is 0.947. The first-order chi connectivity index (χ1) is 19.2. The quantitative estimate of drug-likeness (QED) is 0.146. The van der Waals surface area contributed by atoms with Gasteiger partial charge in [-0.3, -0.25) is 14.4 Å². The van der Waals surface area contributed by atoms with Crippen molar-refractivity contribution in [2.75, 3.05) is 0 Å². The Kier molecular flexibility index (Phi) is 8.19. The summed E-state index contributed by atoms with van der Waals surface area (Å²) >= 11 is 0. The maximum absolute atomic E-state index is 12.4. The molecule has 5 aliphatic rings. The minimum absolute atomic E-state index is 0.0697. The molecular formula is C34H52O7. The molecule has 4 aliphatic carbocycles. The van der Waals surface area contributed by atoms with Crippen molar-refractivity contribution in [3.05, 3.63) is 12.2 Å². The monoisotopic (exact) mass is 572 g/mol. The minimum atomic E-state index is -0.454. The number of esters is 3. The van der Waals surface area contributed by atoms with Gasteiger partial charge in [0.05, 0.1) is 12.2 Å². The van der Waals surface area contributed by atoms with Crippen molar-refractivity contribution < 1.29 is 33.3 Å². The second-order valence-electron chi connectivity index (χ2n) is 14.9. The third-order valence-electron chi connectivity index (χ3n) is 12.4. The van der Waals surface area contributed by atoms with Crippen LogP contribution in [0.2, 0.25) is 0 Å². The number of carbonyl (C=O) groups excluding carboxylic acids is 3. The van der Waals surface area contributed by atoms with Crippen molar-refractivity contribution in [1.29, 1.82) is 0 Å². The number of allylic oxidation sites excluding steroid dienone is 1. The van der Waals surface area contributed by atoms with Crippen LogP contribution in [0.15, 0.2) is 12.2 Å². The summed E-state index contributed by atoms with van der Waals surface area (Å²) in [6.45, 7) is 20.2. The molecule has 0 amide bonds. The van der Waals surface area contributed by atoms with Crippen LogP contribution in [0.3, 0.4) is 0 Å². The van der Waals surface area contributed by atoms with E-state index in [9.17, 15) is 14.4 Å². The van der Waals surface area contributed by atoms with E-state index in [1.807, 2.05) is 0 Å². The van der Waals surface area contributed by atoms with Gasteiger partial charge in [0, 0.05) is 49.9 Å². The molecule has 5 rings (SSSR count). The van der Waals surface area contributed by atoms with Crippen molar-refractivity contribution in [1.82, 2.24) is 0 Å². The first kappa shape index (κ1) is 30.6. The van der Waals surface area contributed by atoms with Crippen LogP contribution in [0.25, 0.3) is 0 Å². The van der Waals surface area contributed by atoms with Gasteiger partial charge < -0.3 is 18.9 Å². The number of ether oxygens (including phenoxy) is 4. The molecule has 1 saturated heterocycles. The Morgan fingerprint density at radius 1 is 0.878 bits per heavy atom. The molecule has 7 nitrogen and oxygen atoms in total. The lowest BCUT2D eigenvalue weighted by Gasteiger charge is -2.62. The molecule has 1 aliphatic heterocycles. The van der Waals surface area contributed by atoms with Gasteiger partial charge in [-0.2, -0.15) is 0 Å². The second-order valence-corrected chi connectivity index (χ2v) is 14.9. The average molecular weight is 573 g/mol. The fraction of sp³-hybridized carbons (Fsp3) is 0.853. The third-order valence-corrected chi connectivity index (χ3v) is 12.4. The van der Waals surface area contributed by atoms with E-state index in [0.717, 1.165) is 25.7 Å². The fourth-order valence-electron chi connectivity index (χ4n) is 10.5. The Balaban J connectivity index is 1.48. The third kappa shape index (κ3) is 5.16. The highest BCUT2D eigenvalue weighted by molar-refractivity contribution is 5.67. The summed E-state index contributed by atoms with van der Waals surface area (Å²) in [5.74, 6) is 1.54. The van der Waals surface area contributed by atoms with Gasteiger partial charge in [0.2, 0.25) is 0 Å². The summed E-state index contributed by atoms with van der Waals surface area (Å²) < 4.78 is 24.6. The molecule has 13 unspecified atom stereocenters. The molecule has 5 fully saturated rings. The first-order valence-corrected chi connectivity index (χ1v) is 16.0. The topological polar surface area (TPSA) is 91.4 Å². The molecule has 0 radical (unpaired) electrons. The number of rotatable bonds is 8. The molecule has 0 spiro atoms. The average Bonchev–Trinajstić information content (AvgIpc) is 3.58. The number of carbonyl (C=O) groups is 3. The van der Waals surface area contributed by atoms with Crippen LogP contribution in [0, 0.1) is 52.3 Å². The molecule has 0 aromatic carbocycles. The molecule has 0 aromatic heterocycles. The van der Waals surface area contributed by atoms with Crippen LogP contribution in [0.1, 0.15) is 100 Å². The van der Waals surface area contributed by atoms with E-state index in [4.69, 9.17) is 18.9 Å². The van der Waals surface area contributed by atoms with Crippen molar-refractivity contribution in [3.8, 4) is 0 Å². The summed E-state index contributed by atoms with van der Waals surface area (Å²) in [4.78, 5) is 36.8. The first-order valence-electron chi connectivity index (χ1n) is 16.0. The van der Waals surface area contributed by atoms with Crippen molar-refractivity contribution >= 4 is 17.9 Å². The van der Waals surface area contributed by atoms with Crippen LogP contribution < -0.4 is 0 Å². The Hall–Kier alpha value is -1.89. The highest BCUT2D eigenvalue weighted by Crippen LogP contribution is 2.73. The number of epoxide rings is 1. The molecule has 0 N–H and O–H groups in total. The molecular weight excluding hydrogens is 520 g/mol. The zero-order chi connectivity index (χ0) is 30.0. The molecule has 41 heavy (non-hydrogen) atoms. The predicted molar refractivity (Wildman–Crippen MR) is 154 cm³/mol. The molecule has 1 heterocycles. The van der Waals surface area contributed by atoms with E-state index in [1.54, 1.807) is 0 Å². The van der Waals surface area contributed by atoms with Gasteiger partial charge in [-0.15, -0.1) is 0 Å². The Morgan fingerprint density at radius 3 is 2.15 bits per heavy atom. The normalized spacial score (nSPS) is 44.9. The van der Waals surface area contributed by atoms with Crippen LogP contribution in [-0.2, 0) is 33.3 Å². The van der Waals surface area contributed by atoms with Crippen molar-refractivity contribution in [2.24, 2.45) is 52.3 Å². The van der Waals surface area contributed by atoms with Gasteiger partial charge in [0.15, 0.2) is 0 Å². The summed E-state index contributed by atoms with van der Waals surface area (Å²) in [7, 11) is 0. The second kappa shape index (κ2) is 11.0. The van der Waals surface area contributed by atoms with Gasteiger partial charge in [-0.1, -0.05) is 46.8 Å². The maximum Gasteiger partial charge on any atom is 0.302 e. The highest BCUT2D eigenvalue weighted by Gasteiger charge is 2.76. The van der Waals surface area contributed by atoms with Gasteiger partial charge in [-0.25, -0.2) is 0 Å². The number of hydrogen-bond acceptors (Lipinski definition) is 7. The predicted octanol–water partition coefficient (Wildman–Crippen LogP) is 6.28. The highest BCUT2D eigenvalue weighted by atomic mass is 16.6. The SMILES string of the molecule is C=C(CCC(C)C1CCC2C3CC(OC(C)=O)C4CC(OC(C)=O)CC(OC(C)=O)C4(C)C3C3OC3C12C)C(C)C. The molecule has 0 bridgehead atoms. The van der Waals surface area contributed by atoms with Crippen LogP contribution in [0.5, 0.6) is 0 Å². The standard InChI is InChI=1S/C34H52O7/c1-17(2)18(3)10-11-19(4)25-12-13-26-24-16-28(39-21(6)36)27-14-23(38-20(5)35)15-29(40-22(7)37)34(27,9)30(24)31-32(41-31)33(25,26)8/h17,19,23-32H,3,10-16H2,1-2,4-9H3. The van der Waals surface area contributed by atoms with Gasteiger partial charge in [0.1, 0.15) is 18.3 Å². The molecule has 4 saturated carbocycles. The van der Waals surface area contributed by atoms with Crippen molar-refractivity contribution in [3.63, 3.8) is 0 Å². The Labute approximate surface area is 246 Å².